The average molecular weight is 334 g/mol. The number of aryl methyl sites for hydroxylation is 2. The van der Waals surface area contributed by atoms with Gasteiger partial charge in [-0.3, -0.25) is 9.59 Å². The number of H-pyrrole nitrogens is 1. The Kier molecular flexibility index (Phi) is 4.61. The molecule has 1 heterocycles. The summed E-state index contributed by atoms with van der Waals surface area (Å²) in [4.78, 5) is 31.1. The largest absolute Gasteiger partial charge is 0.350 e. The normalized spacial score (nSPS) is 10.3. The number of imidazole rings is 1. The number of aromatic amines is 1. The minimum absolute atomic E-state index is 0.201. The molecule has 6 nitrogen and oxygen atoms in total. The van der Waals surface area contributed by atoms with Crippen LogP contribution in [0.3, 0.4) is 0 Å². The zero-order chi connectivity index (χ0) is 17.8. The maximum Gasteiger partial charge on any atom is 0.275 e. The Morgan fingerprint density at radius 2 is 1.72 bits per heavy atom. The Hall–Kier alpha value is -3.41. The molecule has 3 rings (SSSR count). The molecular formula is C19H18N4O2. The molecule has 0 aliphatic rings. The van der Waals surface area contributed by atoms with Crippen molar-refractivity contribution < 1.29 is 9.59 Å². The Balaban J connectivity index is 1.75. The van der Waals surface area contributed by atoms with Crippen LogP contribution in [-0.4, -0.2) is 21.8 Å². The smallest absolute Gasteiger partial charge is 0.275 e. The number of nitrogens with one attached hydrogen (secondary N) is 3. The number of hydrogen-bond acceptors (Lipinski definition) is 3. The first kappa shape index (κ1) is 16.4. The van der Waals surface area contributed by atoms with Crippen molar-refractivity contribution in [1.82, 2.24) is 9.97 Å². The van der Waals surface area contributed by atoms with Crippen LogP contribution in [0.4, 0.5) is 11.4 Å². The van der Waals surface area contributed by atoms with Crippen LogP contribution < -0.4 is 10.6 Å². The minimum atomic E-state index is -0.314. The second-order valence-electron chi connectivity index (χ2n) is 5.76. The Morgan fingerprint density at radius 3 is 2.40 bits per heavy atom. The summed E-state index contributed by atoms with van der Waals surface area (Å²) < 4.78 is 0. The summed E-state index contributed by atoms with van der Waals surface area (Å²) in [6.07, 6.45) is 2.97. The quantitative estimate of drug-likeness (QED) is 0.682. The van der Waals surface area contributed by atoms with Crippen LogP contribution in [0.5, 0.6) is 0 Å². The van der Waals surface area contributed by atoms with Gasteiger partial charge >= 0.3 is 0 Å². The van der Waals surface area contributed by atoms with Crippen LogP contribution in [-0.2, 0) is 0 Å². The third-order valence-electron chi connectivity index (χ3n) is 3.79. The molecule has 0 radical (unpaired) electrons. The van der Waals surface area contributed by atoms with Gasteiger partial charge in [-0.1, -0.05) is 23.8 Å². The average Bonchev–Trinajstić information content (AvgIpc) is 3.13. The second-order valence-corrected chi connectivity index (χ2v) is 5.76. The fourth-order valence-corrected chi connectivity index (χ4v) is 2.31. The van der Waals surface area contributed by atoms with Crippen LogP contribution in [0.15, 0.2) is 55.0 Å². The molecule has 0 atom stereocenters. The minimum Gasteiger partial charge on any atom is -0.350 e. The van der Waals surface area contributed by atoms with Crippen LogP contribution in [0.25, 0.3) is 0 Å². The fraction of sp³-hybridized carbons (Fsp3) is 0.105. The van der Waals surface area contributed by atoms with Crippen LogP contribution in [0.2, 0.25) is 0 Å². The fourth-order valence-electron chi connectivity index (χ4n) is 2.31. The molecule has 3 aromatic rings. The highest BCUT2D eigenvalue weighted by molar-refractivity contribution is 6.06. The Labute approximate surface area is 145 Å². The van der Waals surface area contributed by atoms with Crippen LogP contribution in [0, 0.1) is 13.8 Å². The van der Waals surface area contributed by atoms with Gasteiger partial charge in [-0.2, -0.15) is 0 Å². The van der Waals surface area contributed by atoms with Gasteiger partial charge in [-0.25, -0.2) is 4.98 Å². The maximum absolute atomic E-state index is 12.3. The van der Waals surface area contributed by atoms with Gasteiger partial charge in [0.05, 0.1) is 6.33 Å². The molecule has 6 heteroatoms. The van der Waals surface area contributed by atoms with Crippen molar-refractivity contribution in [3.8, 4) is 0 Å². The van der Waals surface area contributed by atoms with Crippen LogP contribution in [0.1, 0.15) is 32.0 Å². The molecule has 0 bridgehead atoms. The van der Waals surface area contributed by atoms with Gasteiger partial charge in [-0.15, -0.1) is 0 Å². The highest BCUT2D eigenvalue weighted by atomic mass is 16.2. The van der Waals surface area contributed by atoms with E-state index in [0.717, 1.165) is 11.1 Å². The van der Waals surface area contributed by atoms with E-state index in [2.05, 4.69) is 20.6 Å². The highest BCUT2D eigenvalue weighted by Crippen LogP contribution is 2.21. The molecule has 0 spiro atoms. The molecule has 2 amide bonds. The van der Waals surface area contributed by atoms with Gasteiger partial charge in [0.1, 0.15) is 5.69 Å². The first-order chi connectivity index (χ1) is 12.0. The van der Waals surface area contributed by atoms with Crippen molar-refractivity contribution >= 4 is 23.2 Å². The molecule has 25 heavy (non-hydrogen) atoms. The molecule has 0 saturated heterocycles. The number of carbonyl (C=O) groups is 2. The second kappa shape index (κ2) is 7.00. The molecule has 0 aliphatic carbocycles. The molecule has 1 aromatic heterocycles. The van der Waals surface area contributed by atoms with E-state index in [4.69, 9.17) is 0 Å². The molecular weight excluding hydrogens is 316 g/mol. The topological polar surface area (TPSA) is 86.9 Å². The predicted octanol–water partition coefficient (Wildman–Crippen LogP) is 3.53. The van der Waals surface area contributed by atoms with E-state index in [9.17, 15) is 9.59 Å². The molecule has 3 N–H and O–H groups in total. The summed E-state index contributed by atoms with van der Waals surface area (Å²) in [5.74, 6) is -0.514. The molecule has 0 saturated carbocycles. The number of benzene rings is 2. The number of amides is 2. The molecule has 2 aromatic carbocycles. The van der Waals surface area contributed by atoms with Gasteiger partial charge in [-0.05, 0) is 43.7 Å². The number of anilines is 2. The lowest BCUT2D eigenvalue weighted by Gasteiger charge is -2.11. The van der Waals surface area contributed by atoms with E-state index in [-0.39, 0.29) is 11.8 Å². The van der Waals surface area contributed by atoms with E-state index >= 15 is 0 Å². The van der Waals surface area contributed by atoms with E-state index < -0.39 is 0 Å². The summed E-state index contributed by atoms with van der Waals surface area (Å²) in [5.41, 5.74) is 4.08. The van der Waals surface area contributed by atoms with Crippen molar-refractivity contribution in [1.29, 1.82) is 0 Å². The summed E-state index contributed by atoms with van der Waals surface area (Å²) in [6, 6.07) is 12.7. The lowest BCUT2D eigenvalue weighted by Crippen LogP contribution is -2.15. The van der Waals surface area contributed by atoms with Crippen molar-refractivity contribution in [3.05, 3.63) is 77.4 Å². The Morgan fingerprint density at radius 1 is 0.960 bits per heavy atom. The summed E-state index contributed by atoms with van der Waals surface area (Å²) in [5, 5.41) is 5.64. The third-order valence-corrected chi connectivity index (χ3v) is 3.79. The van der Waals surface area contributed by atoms with Crippen molar-refractivity contribution in [2.75, 3.05) is 10.6 Å². The predicted molar refractivity (Wildman–Crippen MR) is 96.9 cm³/mol. The Bertz CT molecular complexity index is 900. The first-order valence-corrected chi connectivity index (χ1v) is 7.82. The van der Waals surface area contributed by atoms with Crippen molar-refractivity contribution in [2.24, 2.45) is 0 Å². The van der Waals surface area contributed by atoms with Gasteiger partial charge in [0.15, 0.2) is 0 Å². The zero-order valence-electron chi connectivity index (χ0n) is 14.0. The van der Waals surface area contributed by atoms with E-state index in [1.165, 1.54) is 12.5 Å². The van der Waals surface area contributed by atoms with Crippen LogP contribution >= 0.6 is 0 Å². The zero-order valence-corrected chi connectivity index (χ0v) is 14.0. The number of carbonyl (C=O) groups excluding carboxylic acids is 2. The van der Waals surface area contributed by atoms with E-state index in [0.29, 0.717) is 22.6 Å². The lowest BCUT2D eigenvalue weighted by atomic mass is 10.1. The molecule has 0 unspecified atom stereocenters. The van der Waals surface area contributed by atoms with Crippen molar-refractivity contribution in [3.63, 3.8) is 0 Å². The molecule has 0 aliphatic heterocycles. The summed E-state index contributed by atoms with van der Waals surface area (Å²) >= 11 is 0. The third kappa shape index (κ3) is 3.92. The number of nitrogens with zero attached hydrogens (tertiary/aromatic N) is 1. The van der Waals surface area contributed by atoms with Crippen molar-refractivity contribution in [2.45, 2.75) is 13.8 Å². The lowest BCUT2D eigenvalue weighted by molar-refractivity contribution is 0.101. The summed E-state index contributed by atoms with van der Waals surface area (Å²) in [7, 11) is 0. The first-order valence-electron chi connectivity index (χ1n) is 7.82. The van der Waals surface area contributed by atoms with E-state index in [1.807, 2.05) is 32.0 Å². The number of hydrogen-bond donors (Lipinski definition) is 3. The van der Waals surface area contributed by atoms with Gasteiger partial charge < -0.3 is 15.6 Å². The summed E-state index contributed by atoms with van der Waals surface area (Å²) in [6.45, 7) is 3.85. The maximum atomic E-state index is 12.3. The highest BCUT2D eigenvalue weighted by Gasteiger charge is 2.11. The monoisotopic (exact) mass is 334 g/mol. The van der Waals surface area contributed by atoms with Gasteiger partial charge in [0.2, 0.25) is 0 Å². The SMILES string of the molecule is Cc1ccc(C(=O)Nc2ccc(C)c(NC(=O)c3c[nH]cn3)c2)cc1. The standard InChI is InChI=1S/C19H18N4O2/c1-12-3-6-14(7-4-12)18(24)22-15-8-5-13(2)16(9-15)23-19(25)17-10-20-11-21-17/h3-11H,1-2H3,(H,20,21)(H,22,24)(H,23,25). The van der Waals surface area contributed by atoms with Gasteiger partial charge in [0, 0.05) is 23.1 Å². The molecule has 126 valence electrons. The molecule has 0 fully saturated rings. The van der Waals surface area contributed by atoms with Gasteiger partial charge in [0.25, 0.3) is 11.8 Å². The number of rotatable bonds is 4. The number of aromatic nitrogens is 2. The van der Waals surface area contributed by atoms with E-state index in [1.54, 1.807) is 24.3 Å².